The third-order valence-corrected chi connectivity index (χ3v) is 3.37. The van der Waals surface area contributed by atoms with Gasteiger partial charge >= 0.3 is 12.0 Å². The second-order valence-electron chi connectivity index (χ2n) is 4.31. The van der Waals surface area contributed by atoms with E-state index in [9.17, 15) is 9.59 Å². The molecule has 1 aromatic rings. The Hall–Kier alpha value is -1.56. The fourth-order valence-corrected chi connectivity index (χ4v) is 2.03. The highest BCUT2D eigenvalue weighted by molar-refractivity contribution is 9.10. The Morgan fingerprint density at radius 1 is 1.42 bits per heavy atom. The van der Waals surface area contributed by atoms with Gasteiger partial charge in [-0.25, -0.2) is 9.59 Å². The third kappa shape index (κ3) is 3.96. The number of hydrogen-bond acceptors (Lipinski definition) is 2. The summed E-state index contributed by atoms with van der Waals surface area (Å²) >= 11 is 3.29. The number of nitrogens with one attached hydrogen (secondary N) is 1. The van der Waals surface area contributed by atoms with Gasteiger partial charge in [-0.05, 0) is 54.9 Å². The summed E-state index contributed by atoms with van der Waals surface area (Å²) < 4.78 is 0.644. The van der Waals surface area contributed by atoms with E-state index in [0.717, 1.165) is 0 Å². The number of carbonyl (C=O) groups excluding carboxylic acids is 1. The van der Waals surface area contributed by atoms with Gasteiger partial charge in [-0.2, -0.15) is 0 Å². The van der Waals surface area contributed by atoms with Gasteiger partial charge in [-0.1, -0.05) is 0 Å². The fraction of sp³-hybridized carbons (Fsp3) is 0.385. The van der Waals surface area contributed by atoms with Crippen LogP contribution in [0.25, 0.3) is 0 Å². The minimum Gasteiger partial charge on any atom is -0.478 e. The smallest absolute Gasteiger partial charge is 0.335 e. The number of nitrogens with zero attached hydrogens (tertiary/aromatic N) is 1. The average Bonchev–Trinajstić information content (AvgIpc) is 2.31. The van der Waals surface area contributed by atoms with Crippen LogP contribution in [0.1, 0.15) is 31.1 Å². The standard InChI is InChI=1S/C13H17BrN2O3/c1-4-16(8(2)3)13(19)15-11-7-9(12(17)18)5-6-10(11)14/h5-8H,4H2,1-3H3,(H,15,19)(H,17,18). The molecule has 0 spiro atoms. The van der Waals surface area contributed by atoms with E-state index in [1.807, 2.05) is 20.8 Å². The second-order valence-corrected chi connectivity index (χ2v) is 5.16. The summed E-state index contributed by atoms with van der Waals surface area (Å²) in [5.74, 6) is -1.03. The summed E-state index contributed by atoms with van der Waals surface area (Å²) in [6.07, 6.45) is 0. The van der Waals surface area contributed by atoms with Crippen LogP contribution in [0.4, 0.5) is 10.5 Å². The molecule has 5 nitrogen and oxygen atoms in total. The first-order valence-electron chi connectivity index (χ1n) is 5.97. The number of aromatic carboxylic acids is 1. The maximum Gasteiger partial charge on any atom is 0.335 e. The first-order valence-corrected chi connectivity index (χ1v) is 6.76. The third-order valence-electron chi connectivity index (χ3n) is 2.68. The predicted octanol–water partition coefficient (Wildman–Crippen LogP) is 3.41. The molecule has 0 aliphatic carbocycles. The van der Waals surface area contributed by atoms with Crippen molar-refractivity contribution in [2.24, 2.45) is 0 Å². The SMILES string of the molecule is CCN(C(=O)Nc1cc(C(=O)O)ccc1Br)C(C)C. The molecule has 0 bridgehead atoms. The van der Waals surface area contributed by atoms with Crippen molar-refractivity contribution in [3.8, 4) is 0 Å². The second kappa shape index (κ2) is 6.56. The zero-order valence-corrected chi connectivity index (χ0v) is 12.7. The van der Waals surface area contributed by atoms with Gasteiger partial charge < -0.3 is 15.3 Å². The molecule has 1 rings (SSSR count). The van der Waals surface area contributed by atoms with Gasteiger partial charge in [0.25, 0.3) is 0 Å². The number of halogens is 1. The lowest BCUT2D eigenvalue weighted by Gasteiger charge is -2.25. The van der Waals surface area contributed by atoms with Crippen LogP contribution in [0.15, 0.2) is 22.7 Å². The molecule has 19 heavy (non-hydrogen) atoms. The lowest BCUT2D eigenvalue weighted by Crippen LogP contribution is -2.39. The fourth-order valence-electron chi connectivity index (χ4n) is 1.68. The van der Waals surface area contributed by atoms with Crippen molar-refractivity contribution in [3.05, 3.63) is 28.2 Å². The molecule has 6 heteroatoms. The summed E-state index contributed by atoms with van der Waals surface area (Å²) in [5, 5.41) is 11.7. The van der Waals surface area contributed by atoms with Crippen molar-refractivity contribution in [3.63, 3.8) is 0 Å². The van der Waals surface area contributed by atoms with E-state index in [1.165, 1.54) is 12.1 Å². The number of amides is 2. The molecule has 0 fully saturated rings. The zero-order valence-electron chi connectivity index (χ0n) is 11.1. The number of carboxylic acid groups (broad SMARTS) is 1. The summed E-state index contributed by atoms with van der Waals surface area (Å²) in [4.78, 5) is 24.6. The molecule has 0 saturated carbocycles. The molecule has 2 amide bonds. The van der Waals surface area contributed by atoms with Crippen LogP contribution in [-0.2, 0) is 0 Å². The molecular weight excluding hydrogens is 312 g/mol. The first kappa shape index (κ1) is 15.5. The normalized spacial score (nSPS) is 10.4. The average molecular weight is 329 g/mol. The molecular formula is C13H17BrN2O3. The summed E-state index contributed by atoms with van der Waals surface area (Å²) in [6.45, 7) is 6.32. The number of benzene rings is 1. The van der Waals surface area contributed by atoms with Gasteiger partial charge in [0.15, 0.2) is 0 Å². The van der Waals surface area contributed by atoms with Crippen molar-refractivity contribution in [2.45, 2.75) is 26.8 Å². The zero-order chi connectivity index (χ0) is 14.6. The van der Waals surface area contributed by atoms with Gasteiger partial charge in [0.2, 0.25) is 0 Å². The lowest BCUT2D eigenvalue weighted by atomic mass is 10.2. The highest BCUT2D eigenvalue weighted by atomic mass is 79.9. The maximum absolute atomic E-state index is 12.1. The first-order chi connectivity index (χ1) is 8.86. The molecule has 0 unspecified atom stereocenters. The molecule has 0 atom stereocenters. The largest absolute Gasteiger partial charge is 0.478 e. The van der Waals surface area contributed by atoms with E-state index in [-0.39, 0.29) is 17.6 Å². The highest BCUT2D eigenvalue weighted by Gasteiger charge is 2.16. The molecule has 2 N–H and O–H groups in total. The number of urea groups is 1. The van der Waals surface area contributed by atoms with Gasteiger partial charge in [0, 0.05) is 17.1 Å². The number of carboxylic acids is 1. The van der Waals surface area contributed by atoms with Gasteiger partial charge in [0.1, 0.15) is 0 Å². The molecule has 0 heterocycles. The van der Waals surface area contributed by atoms with E-state index in [4.69, 9.17) is 5.11 Å². The van der Waals surface area contributed by atoms with E-state index in [1.54, 1.807) is 11.0 Å². The molecule has 0 saturated heterocycles. The summed E-state index contributed by atoms with van der Waals surface area (Å²) in [5.41, 5.74) is 0.579. The predicted molar refractivity (Wildman–Crippen MR) is 77.6 cm³/mol. The Balaban J connectivity index is 2.95. The topological polar surface area (TPSA) is 69.6 Å². The Labute approximate surface area is 120 Å². The molecule has 0 aliphatic heterocycles. The molecule has 0 aromatic heterocycles. The van der Waals surface area contributed by atoms with Gasteiger partial charge in [-0.3, -0.25) is 0 Å². The van der Waals surface area contributed by atoms with Gasteiger partial charge in [0.05, 0.1) is 11.3 Å². The van der Waals surface area contributed by atoms with Crippen LogP contribution in [0, 0.1) is 0 Å². The Morgan fingerprint density at radius 2 is 2.05 bits per heavy atom. The van der Waals surface area contributed by atoms with Crippen molar-refractivity contribution in [2.75, 3.05) is 11.9 Å². The van der Waals surface area contributed by atoms with E-state index in [2.05, 4.69) is 21.2 Å². The molecule has 104 valence electrons. The van der Waals surface area contributed by atoms with Crippen molar-refractivity contribution < 1.29 is 14.7 Å². The Kier molecular flexibility index (Phi) is 5.35. The number of hydrogen-bond donors (Lipinski definition) is 2. The van der Waals surface area contributed by atoms with E-state index in [0.29, 0.717) is 16.7 Å². The van der Waals surface area contributed by atoms with Crippen molar-refractivity contribution >= 4 is 33.6 Å². The van der Waals surface area contributed by atoms with E-state index < -0.39 is 5.97 Å². The summed E-state index contributed by atoms with van der Waals surface area (Å²) in [6, 6.07) is 4.33. The van der Waals surface area contributed by atoms with E-state index >= 15 is 0 Å². The lowest BCUT2D eigenvalue weighted by molar-refractivity contribution is 0.0697. The number of rotatable bonds is 4. The van der Waals surface area contributed by atoms with Crippen LogP contribution in [0.2, 0.25) is 0 Å². The van der Waals surface area contributed by atoms with Crippen molar-refractivity contribution in [1.29, 1.82) is 0 Å². The minimum absolute atomic E-state index is 0.0754. The van der Waals surface area contributed by atoms with Crippen LogP contribution in [0.3, 0.4) is 0 Å². The summed E-state index contributed by atoms with van der Waals surface area (Å²) in [7, 11) is 0. The van der Waals surface area contributed by atoms with Crippen LogP contribution < -0.4 is 5.32 Å². The molecule has 0 aliphatic rings. The molecule has 0 radical (unpaired) electrons. The highest BCUT2D eigenvalue weighted by Crippen LogP contribution is 2.24. The monoisotopic (exact) mass is 328 g/mol. The maximum atomic E-state index is 12.1. The van der Waals surface area contributed by atoms with Gasteiger partial charge in [-0.15, -0.1) is 0 Å². The molecule has 1 aromatic carbocycles. The Morgan fingerprint density at radius 3 is 2.53 bits per heavy atom. The van der Waals surface area contributed by atoms with Crippen LogP contribution in [-0.4, -0.2) is 34.6 Å². The quantitative estimate of drug-likeness (QED) is 0.889. The number of carbonyl (C=O) groups is 2. The van der Waals surface area contributed by atoms with Crippen LogP contribution >= 0.6 is 15.9 Å². The number of anilines is 1. The Bertz CT molecular complexity index is 489. The van der Waals surface area contributed by atoms with Crippen LogP contribution in [0.5, 0.6) is 0 Å². The van der Waals surface area contributed by atoms with Crippen molar-refractivity contribution in [1.82, 2.24) is 4.90 Å². The minimum atomic E-state index is -1.03.